The SMILES string of the molecule is COCC(=O)Nc1ccc2c(c1)OC[C@@H](C)N(Cc1cccc(F)c1)C[C@@H](C)[C@@H](OC)CN(C)C2=O. The van der Waals surface area contributed by atoms with Crippen LogP contribution < -0.4 is 10.1 Å². The molecule has 0 saturated heterocycles. The van der Waals surface area contributed by atoms with Crippen molar-refractivity contribution >= 4 is 17.5 Å². The van der Waals surface area contributed by atoms with Crippen LogP contribution in [0, 0.1) is 11.7 Å². The number of halogens is 1. The zero-order chi connectivity index (χ0) is 26.2. The second-order valence-corrected chi connectivity index (χ2v) is 9.35. The van der Waals surface area contributed by atoms with E-state index in [1.54, 1.807) is 49.4 Å². The van der Waals surface area contributed by atoms with Gasteiger partial charge >= 0.3 is 0 Å². The number of hydrogen-bond donors (Lipinski definition) is 1. The summed E-state index contributed by atoms with van der Waals surface area (Å²) in [7, 11) is 4.83. The molecular formula is C27H36FN3O5. The third-order valence-electron chi connectivity index (χ3n) is 6.41. The summed E-state index contributed by atoms with van der Waals surface area (Å²) in [5.41, 5.74) is 1.77. The number of anilines is 1. The number of amides is 2. The molecule has 0 fully saturated rings. The van der Waals surface area contributed by atoms with Gasteiger partial charge in [0, 0.05) is 58.7 Å². The second-order valence-electron chi connectivity index (χ2n) is 9.35. The van der Waals surface area contributed by atoms with Crippen molar-refractivity contribution in [2.75, 3.05) is 52.9 Å². The van der Waals surface area contributed by atoms with Gasteiger partial charge < -0.3 is 24.4 Å². The van der Waals surface area contributed by atoms with Crippen LogP contribution in [-0.2, 0) is 20.8 Å². The van der Waals surface area contributed by atoms with E-state index in [9.17, 15) is 14.0 Å². The molecule has 2 aromatic carbocycles. The molecule has 196 valence electrons. The summed E-state index contributed by atoms with van der Waals surface area (Å²) in [6, 6.07) is 11.5. The van der Waals surface area contributed by atoms with Gasteiger partial charge in [0.05, 0.1) is 11.7 Å². The summed E-state index contributed by atoms with van der Waals surface area (Å²) in [6.07, 6.45) is -0.197. The molecule has 8 nitrogen and oxygen atoms in total. The summed E-state index contributed by atoms with van der Waals surface area (Å²) in [4.78, 5) is 29.2. The Kier molecular flexibility index (Phi) is 9.81. The summed E-state index contributed by atoms with van der Waals surface area (Å²) >= 11 is 0. The fourth-order valence-corrected chi connectivity index (χ4v) is 4.34. The number of carbonyl (C=O) groups is 2. The largest absolute Gasteiger partial charge is 0.491 e. The van der Waals surface area contributed by atoms with Crippen molar-refractivity contribution in [2.45, 2.75) is 32.5 Å². The molecule has 0 saturated carbocycles. The number of methoxy groups -OCH3 is 2. The highest BCUT2D eigenvalue weighted by Crippen LogP contribution is 2.27. The van der Waals surface area contributed by atoms with Crippen molar-refractivity contribution in [1.82, 2.24) is 9.80 Å². The molecule has 0 aromatic heterocycles. The fourth-order valence-electron chi connectivity index (χ4n) is 4.34. The van der Waals surface area contributed by atoms with Crippen LogP contribution in [0.1, 0.15) is 29.8 Å². The Hall–Kier alpha value is -3.01. The van der Waals surface area contributed by atoms with Crippen molar-refractivity contribution in [1.29, 1.82) is 0 Å². The van der Waals surface area contributed by atoms with Gasteiger partial charge in [0.15, 0.2) is 0 Å². The smallest absolute Gasteiger partial charge is 0.257 e. The van der Waals surface area contributed by atoms with Gasteiger partial charge in [-0.05, 0) is 42.7 Å². The van der Waals surface area contributed by atoms with Gasteiger partial charge in [0.2, 0.25) is 5.91 Å². The van der Waals surface area contributed by atoms with Gasteiger partial charge in [-0.15, -0.1) is 0 Å². The van der Waals surface area contributed by atoms with Gasteiger partial charge in [0.1, 0.15) is 24.8 Å². The molecule has 3 rings (SSSR count). The molecule has 1 aliphatic rings. The van der Waals surface area contributed by atoms with Crippen LogP contribution in [-0.4, -0.2) is 81.3 Å². The van der Waals surface area contributed by atoms with Crippen LogP contribution >= 0.6 is 0 Å². The summed E-state index contributed by atoms with van der Waals surface area (Å²) in [5.74, 6) is -0.300. The minimum atomic E-state index is -0.305. The van der Waals surface area contributed by atoms with Crippen LogP contribution in [0.25, 0.3) is 0 Å². The Labute approximate surface area is 212 Å². The number of fused-ring (bicyclic) bond motifs is 1. The second kappa shape index (κ2) is 12.8. The van der Waals surface area contributed by atoms with Crippen LogP contribution in [0.4, 0.5) is 10.1 Å². The molecule has 0 unspecified atom stereocenters. The van der Waals surface area contributed by atoms with Gasteiger partial charge in [-0.2, -0.15) is 0 Å². The third kappa shape index (κ3) is 7.25. The summed E-state index contributed by atoms with van der Waals surface area (Å²) in [6.45, 7) is 5.94. The maximum atomic E-state index is 13.9. The van der Waals surface area contributed by atoms with E-state index in [1.165, 1.54) is 13.2 Å². The highest BCUT2D eigenvalue weighted by molar-refractivity contribution is 5.98. The van der Waals surface area contributed by atoms with Crippen molar-refractivity contribution in [3.63, 3.8) is 0 Å². The minimum absolute atomic E-state index is 0.0555. The Morgan fingerprint density at radius 2 is 1.94 bits per heavy atom. The number of hydrogen-bond acceptors (Lipinski definition) is 6. The first kappa shape index (κ1) is 27.6. The number of ether oxygens (including phenoxy) is 3. The number of nitrogens with zero attached hydrogens (tertiary/aromatic N) is 2. The van der Waals surface area contributed by atoms with E-state index in [2.05, 4.69) is 17.1 Å². The maximum absolute atomic E-state index is 13.9. The van der Waals surface area contributed by atoms with E-state index >= 15 is 0 Å². The topological polar surface area (TPSA) is 80.3 Å². The van der Waals surface area contributed by atoms with E-state index in [-0.39, 0.29) is 42.3 Å². The van der Waals surface area contributed by atoms with Crippen LogP contribution in [0.2, 0.25) is 0 Å². The van der Waals surface area contributed by atoms with Crippen LogP contribution in [0.3, 0.4) is 0 Å². The molecule has 2 aromatic rings. The average Bonchev–Trinajstić information content (AvgIpc) is 2.84. The van der Waals surface area contributed by atoms with Crippen molar-refractivity contribution in [3.05, 3.63) is 59.4 Å². The van der Waals surface area contributed by atoms with E-state index in [4.69, 9.17) is 14.2 Å². The molecule has 0 aliphatic carbocycles. The van der Waals surface area contributed by atoms with E-state index in [1.807, 2.05) is 13.0 Å². The van der Waals surface area contributed by atoms with Gasteiger partial charge in [-0.25, -0.2) is 4.39 Å². The Balaban J connectivity index is 1.93. The summed E-state index contributed by atoms with van der Waals surface area (Å²) in [5, 5.41) is 2.75. The average molecular weight is 502 g/mol. The Morgan fingerprint density at radius 1 is 1.17 bits per heavy atom. The van der Waals surface area contributed by atoms with Gasteiger partial charge in [-0.3, -0.25) is 14.5 Å². The fraction of sp³-hybridized carbons (Fsp3) is 0.481. The van der Waals surface area contributed by atoms with Crippen LogP contribution in [0.15, 0.2) is 42.5 Å². The number of carbonyl (C=O) groups excluding carboxylic acids is 2. The first-order valence-corrected chi connectivity index (χ1v) is 12.0. The van der Waals surface area contributed by atoms with E-state index in [0.29, 0.717) is 43.2 Å². The lowest BCUT2D eigenvalue weighted by Gasteiger charge is -2.36. The molecule has 1 N–H and O–H groups in total. The highest BCUT2D eigenvalue weighted by Gasteiger charge is 2.28. The van der Waals surface area contributed by atoms with Gasteiger partial charge in [-0.1, -0.05) is 19.1 Å². The molecule has 36 heavy (non-hydrogen) atoms. The molecule has 3 atom stereocenters. The van der Waals surface area contributed by atoms with Crippen molar-refractivity contribution < 1.29 is 28.2 Å². The Morgan fingerprint density at radius 3 is 2.64 bits per heavy atom. The molecule has 1 aliphatic heterocycles. The number of rotatable bonds is 6. The molecular weight excluding hydrogens is 465 g/mol. The standard InChI is InChI=1S/C27H36FN3O5/c1-18-13-31(14-20-7-6-8-21(28)11-20)19(2)16-36-24-12-22(29-26(32)17-34-4)9-10-23(24)27(33)30(3)15-25(18)35-5/h6-12,18-19,25H,13-17H2,1-5H3,(H,29,32)/t18-,19-,25+/m1/s1. The van der Waals surface area contributed by atoms with E-state index < -0.39 is 0 Å². The lowest BCUT2D eigenvalue weighted by Crippen LogP contribution is -2.46. The zero-order valence-corrected chi connectivity index (χ0v) is 21.6. The lowest BCUT2D eigenvalue weighted by molar-refractivity contribution is -0.119. The number of benzene rings is 2. The lowest BCUT2D eigenvalue weighted by atomic mass is 10.0. The molecule has 9 heteroatoms. The normalized spacial score (nSPS) is 21.7. The molecule has 1 heterocycles. The minimum Gasteiger partial charge on any atom is -0.491 e. The first-order valence-electron chi connectivity index (χ1n) is 12.0. The van der Waals surface area contributed by atoms with Gasteiger partial charge in [0.25, 0.3) is 5.91 Å². The zero-order valence-electron chi connectivity index (χ0n) is 21.6. The molecule has 0 bridgehead atoms. The first-order chi connectivity index (χ1) is 17.2. The Bertz CT molecular complexity index is 1050. The monoisotopic (exact) mass is 501 g/mol. The molecule has 0 spiro atoms. The van der Waals surface area contributed by atoms with Crippen molar-refractivity contribution in [3.8, 4) is 5.75 Å². The quantitative estimate of drug-likeness (QED) is 0.654. The molecule has 2 amide bonds. The predicted molar refractivity (Wildman–Crippen MR) is 136 cm³/mol. The van der Waals surface area contributed by atoms with Crippen molar-refractivity contribution in [2.24, 2.45) is 5.92 Å². The number of likely N-dealkylation sites (N-methyl/N-ethyl adjacent to an activating group) is 1. The van der Waals surface area contributed by atoms with Crippen LogP contribution in [0.5, 0.6) is 5.75 Å². The number of nitrogens with one attached hydrogen (secondary N) is 1. The predicted octanol–water partition coefficient (Wildman–Crippen LogP) is 3.42. The molecule has 0 radical (unpaired) electrons. The highest BCUT2D eigenvalue weighted by atomic mass is 19.1. The maximum Gasteiger partial charge on any atom is 0.257 e. The third-order valence-corrected chi connectivity index (χ3v) is 6.41. The van der Waals surface area contributed by atoms with E-state index in [0.717, 1.165) is 5.56 Å². The summed E-state index contributed by atoms with van der Waals surface area (Å²) < 4.78 is 30.7.